The molecule has 1 rings (SSSR count). The first-order chi connectivity index (χ1) is 11.4. The van der Waals surface area contributed by atoms with Crippen molar-refractivity contribution in [2.24, 2.45) is 0 Å². The highest BCUT2D eigenvalue weighted by atomic mass is 16.6. The maximum Gasteiger partial charge on any atom is 0.407 e. The normalized spacial score (nSPS) is 11.8. The Hall–Kier alpha value is -2.04. The second kappa shape index (κ2) is 8.37. The minimum absolute atomic E-state index is 0.0315. The SMILES string of the molecule is Cc1ccc(CCC(=O)NC(C)(C)CNC(=O)OC(C)(C)C)c(C)c1. The van der Waals surface area contributed by atoms with Gasteiger partial charge in [0.2, 0.25) is 5.91 Å². The summed E-state index contributed by atoms with van der Waals surface area (Å²) in [4.78, 5) is 23.9. The number of carbonyl (C=O) groups excluding carboxylic acids is 2. The van der Waals surface area contributed by atoms with Crippen LogP contribution in [0, 0.1) is 13.8 Å². The van der Waals surface area contributed by atoms with Crippen LogP contribution in [0.15, 0.2) is 18.2 Å². The van der Waals surface area contributed by atoms with Gasteiger partial charge >= 0.3 is 6.09 Å². The predicted molar refractivity (Wildman–Crippen MR) is 101 cm³/mol. The van der Waals surface area contributed by atoms with Crippen LogP contribution in [0.2, 0.25) is 0 Å². The Morgan fingerprint density at radius 3 is 2.28 bits per heavy atom. The van der Waals surface area contributed by atoms with E-state index in [2.05, 4.69) is 42.7 Å². The molecule has 0 aromatic heterocycles. The molecule has 0 atom stereocenters. The van der Waals surface area contributed by atoms with Crippen LogP contribution in [0.1, 0.15) is 57.7 Å². The van der Waals surface area contributed by atoms with E-state index >= 15 is 0 Å². The predicted octanol–water partition coefficient (Wildman–Crippen LogP) is 3.66. The maximum absolute atomic E-state index is 12.2. The first-order valence-electron chi connectivity index (χ1n) is 8.72. The van der Waals surface area contributed by atoms with Gasteiger partial charge in [0.1, 0.15) is 5.60 Å². The van der Waals surface area contributed by atoms with Gasteiger partial charge in [-0.05, 0) is 66.0 Å². The Morgan fingerprint density at radius 1 is 1.08 bits per heavy atom. The molecular formula is C20H32N2O3. The van der Waals surface area contributed by atoms with E-state index in [0.29, 0.717) is 19.4 Å². The third-order valence-electron chi connectivity index (χ3n) is 3.67. The van der Waals surface area contributed by atoms with Gasteiger partial charge in [0, 0.05) is 13.0 Å². The summed E-state index contributed by atoms with van der Waals surface area (Å²) in [5, 5.41) is 5.66. The summed E-state index contributed by atoms with van der Waals surface area (Å²) in [6, 6.07) is 6.27. The maximum atomic E-state index is 12.2. The summed E-state index contributed by atoms with van der Waals surface area (Å²) in [5.74, 6) is -0.0315. The highest BCUT2D eigenvalue weighted by molar-refractivity contribution is 5.77. The molecule has 2 N–H and O–H groups in total. The number of ether oxygens (including phenoxy) is 1. The van der Waals surface area contributed by atoms with Crippen LogP contribution < -0.4 is 10.6 Å². The molecule has 0 spiro atoms. The van der Waals surface area contributed by atoms with Crippen molar-refractivity contribution >= 4 is 12.0 Å². The molecule has 0 aliphatic rings. The van der Waals surface area contributed by atoms with Crippen molar-refractivity contribution in [3.05, 3.63) is 34.9 Å². The lowest BCUT2D eigenvalue weighted by atomic mass is 10.0. The summed E-state index contributed by atoms with van der Waals surface area (Å²) in [6.07, 6.45) is 0.637. The minimum atomic E-state index is -0.545. The van der Waals surface area contributed by atoms with E-state index in [1.54, 1.807) is 0 Å². The smallest absolute Gasteiger partial charge is 0.407 e. The topological polar surface area (TPSA) is 67.4 Å². The fourth-order valence-electron chi connectivity index (χ4n) is 2.47. The third kappa shape index (κ3) is 8.57. The zero-order chi connectivity index (χ0) is 19.3. The number of aryl methyl sites for hydroxylation is 3. The molecule has 0 radical (unpaired) electrons. The van der Waals surface area contributed by atoms with Crippen molar-refractivity contribution < 1.29 is 14.3 Å². The molecule has 2 amide bonds. The van der Waals surface area contributed by atoms with Crippen molar-refractivity contribution in [3.8, 4) is 0 Å². The van der Waals surface area contributed by atoms with Crippen LogP contribution in [-0.4, -0.2) is 29.7 Å². The van der Waals surface area contributed by atoms with E-state index in [0.717, 1.165) is 0 Å². The van der Waals surface area contributed by atoms with E-state index in [-0.39, 0.29) is 5.91 Å². The van der Waals surface area contributed by atoms with Crippen molar-refractivity contribution in [1.29, 1.82) is 0 Å². The highest BCUT2D eigenvalue weighted by Gasteiger charge is 2.23. The van der Waals surface area contributed by atoms with Crippen LogP contribution in [0.3, 0.4) is 0 Å². The van der Waals surface area contributed by atoms with E-state index in [1.165, 1.54) is 16.7 Å². The Morgan fingerprint density at radius 2 is 1.72 bits per heavy atom. The molecule has 0 saturated carbocycles. The monoisotopic (exact) mass is 348 g/mol. The van der Waals surface area contributed by atoms with Crippen LogP contribution in [0.25, 0.3) is 0 Å². The van der Waals surface area contributed by atoms with E-state index in [4.69, 9.17) is 4.74 Å². The van der Waals surface area contributed by atoms with E-state index in [1.807, 2.05) is 34.6 Å². The minimum Gasteiger partial charge on any atom is -0.444 e. The summed E-state index contributed by atoms with van der Waals surface area (Å²) < 4.78 is 5.20. The number of nitrogens with one attached hydrogen (secondary N) is 2. The molecule has 0 bridgehead atoms. The summed E-state index contributed by atoms with van der Waals surface area (Å²) in [7, 11) is 0. The molecular weight excluding hydrogens is 316 g/mol. The highest BCUT2D eigenvalue weighted by Crippen LogP contribution is 2.13. The van der Waals surface area contributed by atoms with Gasteiger partial charge in [0.15, 0.2) is 0 Å². The molecule has 1 aromatic rings. The van der Waals surface area contributed by atoms with Crippen molar-refractivity contribution in [1.82, 2.24) is 10.6 Å². The van der Waals surface area contributed by atoms with Crippen molar-refractivity contribution in [2.75, 3.05) is 6.54 Å². The van der Waals surface area contributed by atoms with E-state index in [9.17, 15) is 9.59 Å². The van der Waals surface area contributed by atoms with E-state index < -0.39 is 17.2 Å². The Labute approximate surface area is 151 Å². The number of hydrogen-bond acceptors (Lipinski definition) is 3. The number of rotatable bonds is 6. The van der Waals surface area contributed by atoms with Crippen molar-refractivity contribution in [3.63, 3.8) is 0 Å². The second-order valence-corrected chi connectivity index (χ2v) is 8.22. The summed E-state index contributed by atoms with van der Waals surface area (Å²) >= 11 is 0. The molecule has 5 nitrogen and oxygen atoms in total. The zero-order valence-corrected chi connectivity index (χ0v) is 16.6. The fourth-order valence-corrected chi connectivity index (χ4v) is 2.47. The van der Waals surface area contributed by atoms with Gasteiger partial charge in [-0.2, -0.15) is 0 Å². The first-order valence-corrected chi connectivity index (χ1v) is 8.72. The Kier molecular flexibility index (Phi) is 7.03. The van der Waals surface area contributed by atoms with Crippen LogP contribution in [0.5, 0.6) is 0 Å². The van der Waals surface area contributed by atoms with Gasteiger partial charge in [0.25, 0.3) is 0 Å². The van der Waals surface area contributed by atoms with Crippen molar-refractivity contribution in [2.45, 2.75) is 72.4 Å². The molecule has 1 aromatic carbocycles. The average Bonchev–Trinajstić information content (AvgIpc) is 2.42. The molecule has 25 heavy (non-hydrogen) atoms. The Balaban J connectivity index is 2.45. The lowest BCUT2D eigenvalue weighted by Crippen LogP contribution is -2.52. The van der Waals surface area contributed by atoms with Crippen LogP contribution >= 0.6 is 0 Å². The molecule has 0 saturated heterocycles. The quantitative estimate of drug-likeness (QED) is 0.824. The third-order valence-corrected chi connectivity index (χ3v) is 3.67. The molecule has 5 heteroatoms. The molecule has 0 fully saturated rings. The van der Waals surface area contributed by atoms with Gasteiger partial charge in [-0.1, -0.05) is 23.8 Å². The van der Waals surface area contributed by atoms with Gasteiger partial charge < -0.3 is 15.4 Å². The summed E-state index contributed by atoms with van der Waals surface area (Å²) in [6.45, 7) is 13.6. The van der Waals surface area contributed by atoms with Gasteiger partial charge in [-0.15, -0.1) is 0 Å². The number of alkyl carbamates (subject to hydrolysis) is 1. The van der Waals surface area contributed by atoms with Gasteiger partial charge in [-0.25, -0.2) is 4.79 Å². The lowest BCUT2D eigenvalue weighted by molar-refractivity contribution is -0.122. The number of hydrogen-bond donors (Lipinski definition) is 2. The van der Waals surface area contributed by atoms with Crippen LogP contribution in [-0.2, 0) is 16.0 Å². The van der Waals surface area contributed by atoms with Gasteiger partial charge in [0.05, 0.1) is 5.54 Å². The zero-order valence-electron chi connectivity index (χ0n) is 16.6. The molecule has 0 aliphatic carbocycles. The first kappa shape index (κ1) is 21.0. The fraction of sp³-hybridized carbons (Fsp3) is 0.600. The largest absolute Gasteiger partial charge is 0.444 e. The standard InChI is InChI=1S/C20H32N2O3/c1-14-8-9-16(15(2)12-14)10-11-17(23)22-20(6,7)13-21-18(24)25-19(3,4)5/h8-9,12H,10-11,13H2,1-7H3,(H,21,24)(H,22,23). The van der Waals surface area contributed by atoms with Gasteiger partial charge in [-0.3, -0.25) is 4.79 Å². The number of benzene rings is 1. The molecule has 0 aliphatic heterocycles. The Bertz CT molecular complexity index is 616. The number of carbonyl (C=O) groups is 2. The molecule has 0 heterocycles. The lowest BCUT2D eigenvalue weighted by Gasteiger charge is -2.28. The summed E-state index contributed by atoms with van der Waals surface area (Å²) in [5.41, 5.74) is 2.53. The molecule has 140 valence electrons. The second-order valence-electron chi connectivity index (χ2n) is 8.22. The number of amides is 2. The molecule has 0 unspecified atom stereocenters. The average molecular weight is 348 g/mol. The van der Waals surface area contributed by atoms with Crippen LogP contribution in [0.4, 0.5) is 4.79 Å².